The summed E-state index contributed by atoms with van der Waals surface area (Å²) < 4.78 is 7.12. The van der Waals surface area contributed by atoms with E-state index in [9.17, 15) is 9.59 Å². The van der Waals surface area contributed by atoms with Crippen LogP contribution >= 0.6 is 0 Å². The van der Waals surface area contributed by atoms with Crippen LogP contribution in [0.5, 0.6) is 0 Å². The molecule has 24 heavy (non-hydrogen) atoms. The summed E-state index contributed by atoms with van der Waals surface area (Å²) in [7, 11) is 1.60. The van der Waals surface area contributed by atoms with Crippen LogP contribution in [0, 0.1) is 0 Å². The second-order valence-electron chi connectivity index (χ2n) is 6.37. The van der Waals surface area contributed by atoms with Crippen molar-refractivity contribution >= 4 is 11.8 Å². The van der Waals surface area contributed by atoms with Crippen molar-refractivity contribution in [3.05, 3.63) is 35.5 Å². The zero-order chi connectivity index (χ0) is 16.7. The fourth-order valence-corrected chi connectivity index (χ4v) is 3.12. The van der Waals surface area contributed by atoms with Gasteiger partial charge < -0.3 is 14.7 Å². The van der Waals surface area contributed by atoms with Gasteiger partial charge in [0.2, 0.25) is 5.91 Å². The SMILES string of the molecule is CNC(=O)C[C@@H]1CN(C(=O)c2cc(C3CC3)on2)Cc2ccnn21. The Bertz CT molecular complexity index is 776. The number of carbonyl (C=O) groups is 2. The van der Waals surface area contributed by atoms with Crippen molar-refractivity contribution in [1.29, 1.82) is 0 Å². The van der Waals surface area contributed by atoms with Crippen LogP contribution in [0.3, 0.4) is 0 Å². The summed E-state index contributed by atoms with van der Waals surface area (Å²) in [5, 5.41) is 10.8. The molecule has 2 amide bonds. The molecule has 8 nitrogen and oxygen atoms in total. The van der Waals surface area contributed by atoms with Gasteiger partial charge in [-0.05, 0) is 18.9 Å². The van der Waals surface area contributed by atoms with E-state index in [1.807, 2.05) is 10.7 Å². The van der Waals surface area contributed by atoms with Crippen LogP contribution < -0.4 is 5.32 Å². The fourth-order valence-electron chi connectivity index (χ4n) is 3.12. The molecule has 1 fully saturated rings. The van der Waals surface area contributed by atoms with Crippen LogP contribution in [-0.2, 0) is 11.3 Å². The van der Waals surface area contributed by atoms with Gasteiger partial charge in [0.1, 0.15) is 5.76 Å². The van der Waals surface area contributed by atoms with Gasteiger partial charge in [-0.3, -0.25) is 14.3 Å². The molecule has 4 rings (SSSR count). The highest BCUT2D eigenvalue weighted by Gasteiger charge is 2.33. The summed E-state index contributed by atoms with van der Waals surface area (Å²) in [6, 6.07) is 3.44. The summed E-state index contributed by atoms with van der Waals surface area (Å²) in [4.78, 5) is 26.2. The summed E-state index contributed by atoms with van der Waals surface area (Å²) in [6.07, 6.45) is 4.17. The normalized spacial score (nSPS) is 19.9. The molecule has 1 aliphatic carbocycles. The van der Waals surface area contributed by atoms with E-state index in [0.29, 0.717) is 24.7 Å². The van der Waals surface area contributed by atoms with E-state index in [2.05, 4.69) is 15.6 Å². The van der Waals surface area contributed by atoms with Crippen LogP contribution in [0.25, 0.3) is 0 Å². The zero-order valence-electron chi connectivity index (χ0n) is 13.4. The molecule has 0 bridgehead atoms. The first-order valence-corrected chi connectivity index (χ1v) is 8.14. The predicted octanol–water partition coefficient (Wildman–Crippen LogP) is 1.08. The van der Waals surface area contributed by atoms with E-state index in [0.717, 1.165) is 24.3 Å². The molecule has 3 heterocycles. The fraction of sp³-hybridized carbons (Fsp3) is 0.500. The Morgan fingerprint density at radius 2 is 2.25 bits per heavy atom. The molecular weight excluding hydrogens is 310 g/mol. The summed E-state index contributed by atoms with van der Waals surface area (Å²) >= 11 is 0. The summed E-state index contributed by atoms with van der Waals surface area (Å²) in [5.41, 5.74) is 1.25. The van der Waals surface area contributed by atoms with Crippen LogP contribution in [-0.4, -0.2) is 45.2 Å². The molecule has 1 atom stereocenters. The molecule has 0 saturated heterocycles. The maximum atomic E-state index is 12.8. The summed E-state index contributed by atoms with van der Waals surface area (Å²) in [6.45, 7) is 0.876. The van der Waals surface area contributed by atoms with E-state index in [1.54, 1.807) is 24.2 Å². The lowest BCUT2D eigenvalue weighted by molar-refractivity contribution is -0.121. The molecule has 2 aromatic rings. The monoisotopic (exact) mass is 329 g/mol. The molecule has 2 aliphatic rings. The first kappa shape index (κ1) is 14.9. The minimum atomic E-state index is -0.178. The number of aromatic nitrogens is 3. The number of fused-ring (bicyclic) bond motifs is 1. The Morgan fingerprint density at radius 3 is 3.00 bits per heavy atom. The third-order valence-corrected chi connectivity index (χ3v) is 4.60. The van der Waals surface area contributed by atoms with E-state index in [4.69, 9.17) is 4.52 Å². The number of nitrogens with zero attached hydrogens (tertiary/aromatic N) is 4. The van der Waals surface area contributed by atoms with Crippen molar-refractivity contribution in [2.24, 2.45) is 0 Å². The molecule has 126 valence electrons. The number of nitrogens with one attached hydrogen (secondary N) is 1. The molecule has 1 saturated carbocycles. The van der Waals surface area contributed by atoms with Crippen molar-refractivity contribution < 1.29 is 14.1 Å². The van der Waals surface area contributed by atoms with E-state index < -0.39 is 0 Å². The highest BCUT2D eigenvalue weighted by Crippen LogP contribution is 2.40. The highest BCUT2D eigenvalue weighted by atomic mass is 16.5. The van der Waals surface area contributed by atoms with Gasteiger partial charge in [-0.2, -0.15) is 5.10 Å². The second-order valence-corrected chi connectivity index (χ2v) is 6.37. The molecule has 0 spiro atoms. The van der Waals surface area contributed by atoms with E-state index in [1.165, 1.54) is 0 Å². The summed E-state index contributed by atoms with van der Waals surface area (Å²) in [5.74, 6) is 0.971. The van der Waals surface area contributed by atoms with Crippen molar-refractivity contribution in [3.8, 4) is 0 Å². The molecule has 2 aromatic heterocycles. The standard InChI is InChI=1S/C16H19N5O3/c1-17-15(22)6-12-9-20(8-11-4-5-18-21(11)12)16(23)13-7-14(24-19-13)10-2-3-10/h4-5,7,10,12H,2-3,6,8-9H2,1H3,(H,17,22)/t12-/m1/s1. The first-order chi connectivity index (χ1) is 11.7. The smallest absolute Gasteiger partial charge is 0.276 e. The van der Waals surface area contributed by atoms with Crippen LogP contribution in [0.1, 0.15) is 53.2 Å². The molecule has 0 aromatic carbocycles. The van der Waals surface area contributed by atoms with E-state index in [-0.39, 0.29) is 24.3 Å². The first-order valence-electron chi connectivity index (χ1n) is 8.14. The maximum Gasteiger partial charge on any atom is 0.276 e. The van der Waals surface area contributed by atoms with Gasteiger partial charge in [0.25, 0.3) is 5.91 Å². The largest absolute Gasteiger partial charge is 0.360 e. The number of rotatable bonds is 4. The Hall–Kier alpha value is -2.64. The van der Waals surface area contributed by atoms with Gasteiger partial charge in [0, 0.05) is 31.8 Å². The molecule has 8 heteroatoms. The average Bonchev–Trinajstić information content (AvgIpc) is 3.12. The topological polar surface area (TPSA) is 93.3 Å². The van der Waals surface area contributed by atoms with Gasteiger partial charge in [-0.1, -0.05) is 5.16 Å². The van der Waals surface area contributed by atoms with E-state index >= 15 is 0 Å². The molecule has 1 aliphatic heterocycles. The van der Waals surface area contributed by atoms with Crippen molar-refractivity contribution in [2.75, 3.05) is 13.6 Å². The number of hydrogen-bond acceptors (Lipinski definition) is 5. The van der Waals surface area contributed by atoms with Crippen molar-refractivity contribution in [2.45, 2.75) is 37.8 Å². The molecule has 0 unspecified atom stereocenters. The molecule has 0 radical (unpaired) electrons. The van der Waals surface area contributed by atoms with Gasteiger partial charge in [-0.25, -0.2) is 0 Å². The van der Waals surface area contributed by atoms with Crippen LogP contribution in [0.2, 0.25) is 0 Å². The Balaban J connectivity index is 1.54. The average molecular weight is 329 g/mol. The quantitative estimate of drug-likeness (QED) is 0.906. The minimum Gasteiger partial charge on any atom is -0.360 e. The predicted molar refractivity (Wildman–Crippen MR) is 83.2 cm³/mol. The highest BCUT2D eigenvalue weighted by molar-refractivity contribution is 5.92. The van der Waals surface area contributed by atoms with Gasteiger partial charge in [0.15, 0.2) is 5.69 Å². The lowest BCUT2D eigenvalue weighted by atomic mass is 10.1. The third kappa shape index (κ3) is 2.68. The molecular formula is C16H19N5O3. The minimum absolute atomic E-state index is 0.0757. The number of amides is 2. The lowest BCUT2D eigenvalue weighted by Crippen LogP contribution is -2.42. The Labute approximate surface area is 138 Å². The van der Waals surface area contributed by atoms with Gasteiger partial charge in [0.05, 0.1) is 24.7 Å². The Kier molecular flexibility index (Phi) is 3.59. The Morgan fingerprint density at radius 1 is 1.42 bits per heavy atom. The number of hydrogen-bond donors (Lipinski definition) is 1. The van der Waals surface area contributed by atoms with Crippen LogP contribution in [0.4, 0.5) is 0 Å². The van der Waals surface area contributed by atoms with Crippen molar-refractivity contribution in [1.82, 2.24) is 25.2 Å². The van der Waals surface area contributed by atoms with Crippen molar-refractivity contribution in [3.63, 3.8) is 0 Å². The zero-order valence-corrected chi connectivity index (χ0v) is 13.4. The third-order valence-electron chi connectivity index (χ3n) is 4.60. The van der Waals surface area contributed by atoms with Gasteiger partial charge >= 0.3 is 0 Å². The van der Waals surface area contributed by atoms with Crippen LogP contribution in [0.15, 0.2) is 22.9 Å². The lowest BCUT2D eigenvalue weighted by Gasteiger charge is -2.33. The maximum absolute atomic E-state index is 12.8. The second kappa shape index (κ2) is 5.77. The van der Waals surface area contributed by atoms with Gasteiger partial charge in [-0.15, -0.1) is 0 Å². The molecule has 1 N–H and O–H groups in total. The number of carbonyl (C=O) groups excluding carboxylic acids is 2.